The summed E-state index contributed by atoms with van der Waals surface area (Å²) in [5, 5.41) is 3.29. The Kier molecular flexibility index (Phi) is 3.88. The monoisotopic (exact) mass is 290 g/mol. The minimum Gasteiger partial charge on any atom is -0.491 e. The van der Waals surface area contributed by atoms with Crippen LogP contribution in [0.4, 0.5) is 11.4 Å². The van der Waals surface area contributed by atoms with E-state index in [0.29, 0.717) is 23.6 Å². The molecule has 1 fully saturated rings. The SMILES string of the molecule is CN1CCN(C(=O)c2cc(N)cc3c2OCCCN3)CC1. The highest BCUT2D eigenvalue weighted by Crippen LogP contribution is 2.34. The van der Waals surface area contributed by atoms with Gasteiger partial charge >= 0.3 is 0 Å². The zero-order chi connectivity index (χ0) is 14.8. The smallest absolute Gasteiger partial charge is 0.257 e. The molecule has 1 aromatic rings. The molecule has 0 aromatic heterocycles. The molecule has 1 aromatic carbocycles. The summed E-state index contributed by atoms with van der Waals surface area (Å²) in [6.07, 6.45) is 0.913. The lowest BCUT2D eigenvalue weighted by molar-refractivity contribution is 0.0660. The van der Waals surface area contributed by atoms with Crippen molar-refractivity contribution in [1.29, 1.82) is 0 Å². The van der Waals surface area contributed by atoms with E-state index in [1.165, 1.54) is 0 Å². The molecule has 3 N–H and O–H groups in total. The molecule has 1 saturated heterocycles. The van der Waals surface area contributed by atoms with Crippen LogP contribution in [0, 0.1) is 0 Å². The van der Waals surface area contributed by atoms with Crippen molar-refractivity contribution >= 4 is 17.3 Å². The first-order valence-electron chi connectivity index (χ1n) is 7.43. The average molecular weight is 290 g/mol. The molecule has 114 valence electrons. The lowest BCUT2D eigenvalue weighted by Crippen LogP contribution is -2.47. The molecule has 6 heteroatoms. The van der Waals surface area contributed by atoms with E-state index in [4.69, 9.17) is 10.5 Å². The summed E-state index contributed by atoms with van der Waals surface area (Å²) in [5.41, 5.74) is 7.93. The number of benzene rings is 1. The van der Waals surface area contributed by atoms with E-state index in [-0.39, 0.29) is 5.91 Å². The molecule has 0 bridgehead atoms. The lowest BCUT2D eigenvalue weighted by Gasteiger charge is -2.32. The summed E-state index contributed by atoms with van der Waals surface area (Å²) in [5.74, 6) is 0.654. The predicted molar refractivity (Wildman–Crippen MR) is 82.9 cm³/mol. The summed E-state index contributed by atoms with van der Waals surface area (Å²) >= 11 is 0. The number of hydrogen-bond acceptors (Lipinski definition) is 5. The quantitative estimate of drug-likeness (QED) is 0.750. The largest absolute Gasteiger partial charge is 0.491 e. The minimum absolute atomic E-state index is 0.00958. The van der Waals surface area contributed by atoms with Gasteiger partial charge in [0.2, 0.25) is 0 Å². The van der Waals surface area contributed by atoms with Crippen LogP contribution < -0.4 is 15.8 Å². The van der Waals surface area contributed by atoms with Gasteiger partial charge in [-0.1, -0.05) is 0 Å². The lowest BCUT2D eigenvalue weighted by atomic mass is 10.1. The first-order chi connectivity index (χ1) is 10.1. The van der Waals surface area contributed by atoms with Crippen molar-refractivity contribution in [2.75, 3.05) is 57.4 Å². The van der Waals surface area contributed by atoms with E-state index in [9.17, 15) is 4.79 Å². The number of carbonyl (C=O) groups is 1. The van der Waals surface area contributed by atoms with E-state index < -0.39 is 0 Å². The highest BCUT2D eigenvalue weighted by atomic mass is 16.5. The number of fused-ring (bicyclic) bond motifs is 1. The fourth-order valence-electron chi connectivity index (χ4n) is 2.75. The first kappa shape index (κ1) is 14.0. The molecule has 0 radical (unpaired) electrons. The maximum absolute atomic E-state index is 12.8. The Morgan fingerprint density at radius 2 is 2.05 bits per heavy atom. The number of piperazine rings is 1. The third-order valence-corrected chi connectivity index (χ3v) is 4.02. The van der Waals surface area contributed by atoms with Gasteiger partial charge in [-0.25, -0.2) is 0 Å². The van der Waals surface area contributed by atoms with Gasteiger partial charge in [-0.15, -0.1) is 0 Å². The summed E-state index contributed by atoms with van der Waals surface area (Å²) in [6, 6.07) is 3.56. The van der Waals surface area contributed by atoms with Gasteiger partial charge in [-0.2, -0.15) is 0 Å². The van der Waals surface area contributed by atoms with Crippen molar-refractivity contribution in [2.45, 2.75) is 6.42 Å². The Morgan fingerprint density at radius 3 is 2.81 bits per heavy atom. The molecule has 6 nitrogen and oxygen atoms in total. The maximum atomic E-state index is 12.8. The standard InChI is InChI=1S/C15H22N4O2/c1-18-4-6-19(7-5-18)15(20)12-9-11(16)10-13-14(12)21-8-2-3-17-13/h9-10,17H,2-8,16H2,1H3. The van der Waals surface area contributed by atoms with Crippen LogP contribution in [0.15, 0.2) is 12.1 Å². The molecule has 0 atom stereocenters. The van der Waals surface area contributed by atoms with E-state index >= 15 is 0 Å². The molecule has 2 heterocycles. The third kappa shape index (κ3) is 2.90. The fourth-order valence-corrected chi connectivity index (χ4v) is 2.75. The fraction of sp³-hybridized carbons (Fsp3) is 0.533. The second kappa shape index (κ2) is 5.81. The highest BCUT2D eigenvalue weighted by molar-refractivity contribution is 6.00. The number of nitrogens with zero attached hydrogens (tertiary/aromatic N) is 2. The molecule has 3 rings (SSSR count). The number of amides is 1. The third-order valence-electron chi connectivity index (χ3n) is 4.02. The van der Waals surface area contributed by atoms with Crippen molar-refractivity contribution in [1.82, 2.24) is 9.80 Å². The Labute approximate surface area is 124 Å². The number of ether oxygens (including phenoxy) is 1. The number of nitrogens with one attached hydrogen (secondary N) is 1. The Balaban J connectivity index is 1.90. The van der Waals surface area contributed by atoms with Crippen molar-refractivity contribution in [3.8, 4) is 5.75 Å². The number of nitrogens with two attached hydrogens (primary N) is 1. The summed E-state index contributed by atoms with van der Waals surface area (Å²) in [6.45, 7) is 4.73. The summed E-state index contributed by atoms with van der Waals surface area (Å²) < 4.78 is 5.79. The minimum atomic E-state index is 0.00958. The number of likely N-dealkylation sites (N-methyl/N-ethyl adjacent to an activating group) is 1. The summed E-state index contributed by atoms with van der Waals surface area (Å²) in [7, 11) is 2.07. The van der Waals surface area contributed by atoms with Crippen LogP contribution in [0.25, 0.3) is 0 Å². The molecule has 0 aliphatic carbocycles. The molecule has 0 unspecified atom stereocenters. The number of anilines is 2. The van der Waals surface area contributed by atoms with Crippen LogP contribution in [0.2, 0.25) is 0 Å². The highest BCUT2D eigenvalue weighted by Gasteiger charge is 2.25. The molecule has 0 spiro atoms. The van der Waals surface area contributed by atoms with Gasteiger partial charge in [0.05, 0.1) is 17.9 Å². The number of nitrogen functional groups attached to an aromatic ring is 1. The van der Waals surface area contributed by atoms with E-state index in [1.54, 1.807) is 6.07 Å². The first-order valence-corrected chi connectivity index (χ1v) is 7.43. The number of hydrogen-bond donors (Lipinski definition) is 2. The van der Waals surface area contributed by atoms with E-state index in [1.807, 2.05) is 11.0 Å². The van der Waals surface area contributed by atoms with Gasteiger partial charge in [0.15, 0.2) is 5.75 Å². The van der Waals surface area contributed by atoms with Crippen LogP contribution in [-0.4, -0.2) is 62.1 Å². The Hall–Kier alpha value is -1.95. The second-order valence-corrected chi connectivity index (χ2v) is 5.67. The van der Waals surface area contributed by atoms with Crippen LogP contribution in [0.5, 0.6) is 5.75 Å². The van der Waals surface area contributed by atoms with Gasteiger partial charge in [0, 0.05) is 38.4 Å². The molecular weight excluding hydrogens is 268 g/mol. The van der Waals surface area contributed by atoms with Crippen molar-refractivity contribution in [3.05, 3.63) is 17.7 Å². The summed E-state index contributed by atoms with van der Waals surface area (Å²) in [4.78, 5) is 16.9. The van der Waals surface area contributed by atoms with Crippen LogP contribution in [0.3, 0.4) is 0 Å². The predicted octanol–water partition coefficient (Wildman–Crippen LogP) is 0.851. The molecule has 0 saturated carbocycles. The molecule has 2 aliphatic rings. The Morgan fingerprint density at radius 1 is 1.29 bits per heavy atom. The maximum Gasteiger partial charge on any atom is 0.257 e. The normalized spacial score (nSPS) is 19.2. The van der Waals surface area contributed by atoms with Crippen LogP contribution in [0.1, 0.15) is 16.8 Å². The average Bonchev–Trinajstić information content (AvgIpc) is 2.71. The second-order valence-electron chi connectivity index (χ2n) is 5.67. The molecule has 21 heavy (non-hydrogen) atoms. The Bertz CT molecular complexity index is 539. The van der Waals surface area contributed by atoms with Crippen molar-refractivity contribution in [2.24, 2.45) is 0 Å². The molecular formula is C15H22N4O2. The van der Waals surface area contributed by atoms with Gasteiger partial charge in [0.25, 0.3) is 5.91 Å². The number of rotatable bonds is 1. The zero-order valence-corrected chi connectivity index (χ0v) is 12.4. The van der Waals surface area contributed by atoms with Gasteiger partial charge in [-0.05, 0) is 25.6 Å². The van der Waals surface area contributed by atoms with Crippen LogP contribution in [-0.2, 0) is 0 Å². The van der Waals surface area contributed by atoms with Crippen molar-refractivity contribution in [3.63, 3.8) is 0 Å². The van der Waals surface area contributed by atoms with Gasteiger partial charge in [0.1, 0.15) is 0 Å². The van der Waals surface area contributed by atoms with Crippen molar-refractivity contribution < 1.29 is 9.53 Å². The zero-order valence-electron chi connectivity index (χ0n) is 12.4. The number of carbonyl (C=O) groups excluding carboxylic acids is 1. The van der Waals surface area contributed by atoms with Gasteiger partial charge in [-0.3, -0.25) is 4.79 Å². The molecule has 1 amide bonds. The van der Waals surface area contributed by atoms with E-state index in [2.05, 4.69) is 17.3 Å². The molecule has 2 aliphatic heterocycles. The van der Waals surface area contributed by atoms with E-state index in [0.717, 1.165) is 44.8 Å². The topological polar surface area (TPSA) is 70.8 Å². The van der Waals surface area contributed by atoms with Crippen LogP contribution >= 0.6 is 0 Å². The van der Waals surface area contributed by atoms with Gasteiger partial charge < -0.3 is 25.6 Å².